The Hall–Kier alpha value is -1.44. The number of rotatable bonds is 6. The number of fused-ring (bicyclic) bond motifs is 1. The smallest absolute Gasteiger partial charge is 0.122 e. The van der Waals surface area contributed by atoms with Gasteiger partial charge in [0.05, 0.1) is 7.11 Å². The minimum Gasteiger partial charge on any atom is -0.507 e. The van der Waals surface area contributed by atoms with Crippen molar-refractivity contribution in [3.8, 4) is 5.75 Å². The first kappa shape index (κ1) is 16.9. The molecule has 0 aliphatic heterocycles. The fraction of sp³-hybridized carbons (Fsp3) is 0.600. The van der Waals surface area contributed by atoms with E-state index in [-0.39, 0.29) is 0 Å². The maximum atomic E-state index is 10.9. The second-order valence-corrected chi connectivity index (χ2v) is 6.53. The lowest BCUT2D eigenvalue weighted by Gasteiger charge is -2.26. The number of allylic oxidation sites excluding steroid dienone is 1. The fourth-order valence-electron chi connectivity index (χ4n) is 3.91. The lowest BCUT2D eigenvalue weighted by molar-refractivity contribution is 0.354. The van der Waals surface area contributed by atoms with E-state index in [9.17, 15) is 5.11 Å². The Bertz CT molecular complexity index is 531. The van der Waals surface area contributed by atoms with E-state index in [0.29, 0.717) is 17.6 Å². The molecule has 0 bridgehead atoms. The summed E-state index contributed by atoms with van der Waals surface area (Å²) in [6.45, 7) is 6.82. The molecule has 0 aromatic heterocycles. The van der Waals surface area contributed by atoms with E-state index in [4.69, 9.17) is 4.74 Å². The SMILES string of the molecule is CCCC(C)C(CC)C1=C(O)c2ccc(OC)cc2CCC1. The van der Waals surface area contributed by atoms with Gasteiger partial charge in [0.2, 0.25) is 0 Å². The molecule has 122 valence electrons. The van der Waals surface area contributed by atoms with E-state index >= 15 is 0 Å². The number of aliphatic hydroxyl groups is 1. The third kappa shape index (κ3) is 3.48. The van der Waals surface area contributed by atoms with E-state index in [1.165, 1.54) is 24.0 Å². The van der Waals surface area contributed by atoms with Gasteiger partial charge in [-0.25, -0.2) is 0 Å². The van der Waals surface area contributed by atoms with Crippen molar-refractivity contribution in [2.45, 2.75) is 59.3 Å². The van der Waals surface area contributed by atoms with Crippen LogP contribution in [0.15, 0.2) is 23.8 Å². The Balaban J connectivity index is 2.41. The van der Waals surface area contributed by atoms with Gasteiger partial charge in [-0.1, -0.05) is 33.6 Å². The van der Waals surface area contributed by atoms with Gasteiger partial charge in [-0.15, -0.1) is 0 Å². The molecular formula is C20H30O2. The Morgan fingerprint density at radius 2 is 2.00 bits per heavy atom. The molecule has 0 fully saturated rings. The van der Waals surface area contributed by atoms with Crippen LogP contribution in [0.2, 0.25) is 0 Å². The van der Waals surface area contributed by atoms with Crippen LogP contribution < -0.4 is 4.74 Å². The summed E-state index contributed by atoms with van der Waals surface area (Å²) in [5.41, 5.74) is 3.49. The second-order valence-electron chi connectivity index (χ2n) is 6.53. The van der Waals surface area contributed by atoms with E-state index in [0.717, 1.165) is 37.0 Å². The zero-order valence-electron chi connectivity index (χ0n) is 14.5. The Morgan fingerprint density at radius 1 is 1.23 bits per heavy atom. The minimum atomic E-state index is 0.494. The molecule has 1 aromatic carbocycles. The number of benzene rings is 1. The molecule has 0 saturated carbocycles. The van der Waals surface area contributed by atoms with E-state index < -0.39 is 0 Å². The first-order chi connectivity index (χ1) is 10.6. The highest BCUT2D eigenvalue weighted by atomic mass is 16.5. The summed E-state index contributed by atoms with van der Waals surface area (Å²) < 4.78 is 5.32. The van der Waals surface area contributed by atoms with Crippen LogP contribution in [-0.4, -0.2) is 12.2 Å². The van der Waals surface area contributed by atoms with Gasteiger partial charge in [0.25, 0.3) is 0 Å². The first-order valence-corrected chi connectivity index (χ1v) is 8.71. The molecule has 2 nitrogen and oxygen atoms in total. The highest BCUT2D eigenvalue weighted by molar-refractivity contribution is 5.67. The van der Waals surface area contributed by atoms with Crippen LogP contribution in [-0.2, 0) is 6.42 Å². The normalized spacial score (nSPS) is 17.6. The molecule has 22 heavy (non-hydrogen) atoms. The summed E-state index contributed by atoms with van der Waals surface area (Å²) in [5, 5.41) is 10.9. The average Bonchev–Trinajstić information content (AvgIpc) is 2.68. The third-order valence-electron chi connectivity index (χ3n) is 5.08. The van der Waals surface area contributed by atoms with E-state index in [1.54, 1.807) is 7.11 Å². The molecule has 0 spiro atoms. The second kappa shape index (κ2) is 7.71. The number of aliphatic hydroxyl groups excluding tert-OH is 1. The lowest BCUT2D eigenvalue weighted by Crippen LogP contribution is -2.15. The quantitative estimate of drug-likeness (QED) is 0.723. The van der Waals surface area contributed by atoms with Crippen molar-refractivity contribution < 1.29 is 9.84 Å². The van der Waals surface area contributed by atoms with E-state index in [2.05, 4.69) is 26.8 Å². The molecule has 2 atom stereocenters. The zero-order valence-corrected chi connectivity index (χ0v) is 14.5. The summed E-state index contributed by atoms with van der Waals surface area (Å²) in [6, 6.07) is 6.05. The van der Waals surface area contributed by atoms with Crippen molar-refractivity contribution in [3.05, 3.63) is 34.9 Å². The Morgan fingerprint density at radius 3 is 2.64 bits per heavy atom. The molecule has 0 saturated heterocycles. The van der Waals surface area contributed by atoms with Crippen LogP contribution >= 0.6 is 0 Å². The summed E-state index contributed by atoms with van der Waals surface area (Å²) in [6.07, 6.45) is 6.67. The maximum Gasteiger partial charge on any atom is 0.122 e. The van der Waals surface area contributed by atoms with Gasteiger partial charge in [0.15, 0.2) is 0 Å². The number of aryl methyl sites for hydroxylation is 1. The molecule has 0 heterocycles. The van der Waals surface area contributed by atoms with Crippen molar-refractivity contribution >= 4 is 5.76 Å². The molecule has 0 radical (unpaired) electrons. The van der Waals surface area contributed by atoms with Gasteiger partial charge in [0.1, 0.15) is 11.5 Å². The van der Waals surface area contributed by atoms with Crippen LogP contribution in [0.3, 0.4) is 0 Å². The molecule has 1 aliphatic rings. The monoisotopic (exact) mass is 302 g/mol. The molecule has 1 aliphatic carbocycles. The van der Waals surface area contributed by atoms with Crippen LogP contribution in [0.25, 0.3) is 5.76 Å². The minimum absolute atomic E-state index is 0.494. The average molecular weight is 302 g/mol. The molecule has 2 unspecified atom stereocenters. The zero-order chi connectivity index (χ0) is 16.1. The molecule has 2 heteroatoms. The summed E-state index contributed by atoms with van der Waals surface area (Å²) in [5.74, 6) is 2.53. The number of ether oxygens (including phenoxy) is 1. The molecule has 1 aromatic rings. The predicted octanol–water partition coefficient (Wildman–Crippen LogP) is 5.76. The van der Waals surface area contributed by atoms with Crippen LogP contribution in [0.4, 0.5) is 0 Å². The number of hydrogen-bond donors (Lipinski definition) is 1. The van der Waals surface area contributed by atoms with Gasteiger partial charge in [-0.2, -0.15) is 0 Å². The number of methoxy groups -OCH3 is 1. The van der Waals surface area contributed by atoms with Crippen LogP contribution in [0, 0.1) is 11.8 Å². The lowest BCUT2D eigenvalue weighted by atomic mass is 9.80. The molecule has 2 rings (SSSR count). The maximum absolute atomic E-state index is 10.9. The largest absolute Gasteiger partial charge is 0.507 e. The van der Waals surface area contributed by atoms with Gasteiger partial charge in [-0.3, -0.25) is 0 Å². The standard InChI is InChI=1S/C20H30O2/c1-5-8-14(3)17(6-2)19-10-7-9-15-13-16(22-4)11-12-18(15)20(19)21/h11-14,17,21H,5-10H2,1-4H3. The van der Waals surface area contributed by atoms with Crippen molar-refractivity contribution in [1.29, 1.82) is 0 Å². The van der Waals surface area contributed by atoms with Crippen LogP contribution in [0.1, 0.15) is 64.0 Å². The highest BCUT2D eigenvalue weighted by Gasteiger charge is 2.25. The van der Waals surface area contributed by atoms with Crippen molar-refractivity contribution in [2.75, 3.05) is 7.11 Å². The van der Waals surface area contributed by atoms with Gasteiger partial charge >= 0.3 is 0 Å². The predicted molar refractivity (Wildman–Crippen MR) is 93.3 cm³/mol. The van der Waals surface area contributed by atoms with Gasteiger partial charge < -0.3 is 9.84 Å². The van der Waals surface area contributed by atoms with Crippen molar-refractivity contribution in [1.82, 2.24) is 0 Å². The molecule has 0 amide bonds. The Labute approximate surface area is 135 Å². The van der Waals surface area contributed by atoms with Gasteiger partial charge in [0, 0.05) is 5.56 Å². The van der Waals surface area contributed by atoms with Crippen molar-refractivity contribution in [3.63, 3.8) is 0 Å². The highest BCUT2D eigenvalue weighted by Crippen LogP contribution is 2.38. The van der Waals surface area contributed by atoms with Gasteiger partial charge in [-0.05, 0) is 66.9 Å². The van der Waals surface area contributed by atoms with Crippen molar-refractivity contribution in [2.24, 2.45) is 11.8 Å². The Kier molecular flexibility index (Phi) is 5.93. The molecule has 1 N–H and O–H groups in total. The summed E-state index contributed by atoms with van der Waals surface area (Å²) in [7, 11) is 1.69. The summed E-state index contributed by atoms with van der Waals surface area (Å²) in [4.78, 5) is 0. The van der Waals surface area contributed by atoms with E-state index in [1.807, 2.05) is 12.1 Å². The third-order valence-corrected chi connectivity index (χ3v) is 5.08. The molecular weight excluding hydrogens is 272 g/mol. The first-order valence-electron chi connectivity index (χ1n) is 8.71. The fourth-order valence-corrected chi connectivity index (χ4v) is 3.91. The number of hydrogen-bond acceptors (Lipinski definition) is 2. The van der Waals surface area contributed by atoms with Crippen LogP contribution in [0.5, 0.6) is 5.75 Å². The topological polar surface area (TPSA) is 29.5 Å². The summed E-state index contributed by atoms with van der Waals surface area (Å²) >= 11 is 0.